The van der Waals surface area contributed by atoms with E-state index in [1.54, 1.807) is 0 Å². The summed E-state index contributed by atoms with van der Waals surface area (Å²) in [5.74, 6) is -2.39. The van der Waals surface area contributed by atoms with Crippen molar-refractivity contribution in [2.45, 2.75) is 50.9 Å². The van der Waals surface area contributed by atoms with Crippen molar-refractivity contribution in [3.05, 3.63) is 34.1 Å². The van der Waals surface area contributed by atoms with Crippen LogP contribution in [0.2, 0.25) is 0 Å². The van der Waals surface area contributed by atoms with Crippen LogP contribution in [0.3, 0.4) is 0 Å². The highest BCUT2D eigenvalue weighted by atomic mass is 79.9. The summed E-state index contributed by atoms with van der Waals surface area (Å²) in [5, 5.41) is 39.4. The van der Waals surface area contributed by atoms with Crippen LogP contribution in [-0.4, -0.2) is 11.7 Å². The minimum Gasteiger partial charge on any atom is -0.447 e. The third-order valence-corrected chi connectivity index (χ3v) is 7.57. The first kappa shape index (κ1) is 20.8. The number of hydrogen-bond acceptors (Lipinski definition) is 6. The molecule has 0 spiro atoms. The molecule has 5 unspecified atom stereocenters. The molecule has 1 aliphatic carbocycles. The third kappa shape index (κ3) is 2.43. The predicted octanol–water partition coefficient (Wildman–Crippen LogP) is 5.12. The Morgan fingerprint density at radius 2 is 2.00 bits per heavy atom. The van der Waals surface area contributed by atoms with Crippen LogP contribution >= 0.6 is 15.9 Å². The lowest BCUT2D eigenvalue weighted by Gasteiger charge is -2.52. The summed E-state index contributed by atoms with van der Waals surface area (Å²) in [6.45, 7) is 2.09. The predicted molar refractivity (Wildman–Crippen MR) is 107 cm³/mol. The topological polar surface area (TPSA) is 114 Å². The van der Waals surface area contributed by atoms with Crippen molar-refractivity contribution in [1.29, 1.82) is 21.2 Å². The van der Waals surface area contributed by atoms with E-state index in [0.717, 1.165) is 19.3 Å². The Morgan fingerprint density at radius 1 is 1.27 bits per heavy atom. The van der Waals surface area contributed by atoms with Crippen LogP contribution in [0.4, 0.5) is 4.39 Å². The minimum absolute atomic E-state index is 0.161. The van der Waals surface area contributed by atoms with Gasteiger partial charge in [-0.3, -0.25) is 5.41 Å². The number of nitrogens with zero attached hydrogens (tertiary/aromatic N) is 3. The lowest BCUT2D eigenvalue weighted by molar-refractivity contribution is -0.299. The van der Waals surface area contributed by atoms with Gasteiger partial charge in [0.15, 0.2) is 5.41 Å². The first-order chi connectivity index (χ1) is 14.3. The average Bonchev–Trinajstić information content (AvgIpc) is 2.94. The first-order valence-corrected chi connectivity index (χ1v) is 10.8. The third-order valence-electron chi connectivity index (χ3n) is 6.96. The molecule has 5 atom stereocenters. The molecule has 4 rings (SSSR count). The number of nitrogens with one attached hydrogen (secondary N) is 1. The van der Waals surface area contributed by atoms with Gasteiger partial charge in [0.05, 0.1) is 28.6 Å². The Labute approximate surface area is 182 Å². The maximum atomic E-state index is 13.8. The largest absolute Gasteiger partial charge is 0.447 e. The summed E-state index contributed by atoms with van der Waals surface area (Å²) < 4.78 is 26.3. The maximum absolute atomic E-state index is 13.8. The number of hydrogen-bond donors (Lipinski definition) is 1. The zero-order chi connectivity index (χ0) is 21.7. The summed E-state index contributed by atoms with van der Waals surface area (Å²) in [7, 11) is 0. The van der Waals surface area contributed by atoms with Gasteiger partial charge in [-0.1, -0.05) is 25.8 Å². The Morgan fingerprint density at radius 3 is 2.60 bits per heavy atom. The van der Waals surface area contributed by atoms with Crippen LogP contribution in [0.5, 0.6) is 0 Å². The highest BCUT2D eigenvalue weighted by Crippen LogP contribution is 2.70. The molecule has 3 aliphatic rings. The Balaban J connectivity index is 1.93. The van der Waals surface area contributed by atoms with Gasteiger partial charge in [-0.25, -0.2) is 4.39 Å². The molecule has 1 N–H and O–H groups in total. The number of benzene rings is 1. The Bertz CT molecular complexity index is 1030. The van der Waals surface area contributed by atoms with Gasteiger partial charge in [-0.05, 0) is 52.4 Å². The van der Waals surface area contributed by atoms with Gasteiger partial charge in [0.1, 0.15) is 11.9 Å². The van der Waals surface area contributed by atoms with Crippen LogP contribution in [-0.2, 0) is 9.47 Å². The summed E-state index contributed by atoms with van der Waals surface area (Å²) in [4.78, 5) is 0. The second-order valence-corrected chi connectivity index (χ2v) is 9.20. The number of ether oxygens (including phenoxy) is 2. The van der Waals surface area contributed by atoms with Crippen LogP contribution < -0.4 is 0 Å². The van der Waals surface area contributed by atoms with Crippen molar-refractivity contribution in [3.63, 3.8) is 0 Å². The van der Waals surface area contributed by atoms with Gasteiger partial charge in [0.25, 0.3) is 0 Å². The summed E-state index contributed by atoms with van der Waals surface area (Å²) in [6, 6.07) is 10.4. The fraction of sp³-hybridized carbons (Fsp3) is 0.545. The van der Waals surface area contributed by atoms with Crippen LogP contribution in [0, 0.1) is 67.9 Å². The molecule has 1 aromatic carbocycles. The van der Waals surface area contributed by atoms with Gasteiger partial charge in [0.2, 0.25) is 17.1 Å². The molecule has 2 aliphatic heterocycles. The minimum atomic E-state index is -2.01. The fourth-order valence-corrected chi connectivity index (χ4v) is 5.96. The zero-order valence-corrected chi connectivity index (χ0v) is 18.0. The van der Waals surface area contributed by atoms with E-state index in [4.69, 9.17) is 14.9 Å². The lowest BCUT2D eigenvalue weighted by Crippen LogP contribution is -2.61. The summed E-state index contributed by atoms with van der Waals surface area (Å²) in [5.41, 5.74) is -3.38. The monoisotopic (exact) mass is 470 g/mol. The van der Waals surface area contributed by atoms with Crippen LogP contribution in [0.1, 0.15) is 50.7 Å². The van der Waals surface area contributed by atoms with Crippen LogP contribution in [0.25, 0.3) is 0 Å². The van der Waals surface area contributed by atoms with E-state index in [9.17, 15) is 20.2 Å². The van der Waals surface area contributed by atoms with Gasteiger partial charge < -0.3 is 9.47 Å². The van der Waals surface area contributed by atoms with Crippen molar-refractivity contribution < 1.29 is 13.9 Å². The number of nitriles is 3. The quantitative estimate of drug-likeness (QED) is 0.657. The second-order valence-electron chi connectivity index (χ2n) is 8.35. The molecule has 154 valence electrons. The van der Waals surface area contributed by atoms with Crippen molar-refractivity contribution in [3.8, 4) is 18.2 Å². The molecule has 8 heteroatoms. The van der Waals surface area contributed by atoms with E-state index < -0.39 is 34.5 Å². The lowest BCUT2D eigenvalue weighted by atomic mass is 9.50. The molecular formula is C22H20BrFN4O2. The number of halogens is 2. The normalized spacial score (nSPS) is 36.0. The summed E-state index contributed by atoms with van der Waals surface area (Å²) >= 11 is 3.14. The van der Waals surface area contributed by atoms with Gasteiger partial charge in [0, 0.05) is 6.42 Å². The molecular weight excluding hydrogens is 451 g/mol. The van der Waals surface area contributed by atoms with Crippen molar-refractivity contribution in [2.24, 2.45) is 22.7 Å². The second kappa shape index (κ2) is 7.05. The SMILES string of the molecule is CCCC1CCC23OC(=N)C(C#N)(C2C1)C(C#N)(C#N)C(c1ccc(F)c(Br)c1)O3. The number of rotatable bonds is 3. The molecule has 3 fully saturated rings. The van der Waals surface area contributed by atoms with Gasteiger partial charge in [-0.15, -0.1) is 0 Å². The standard InChI is InChI=1S/C22H20BrFN4O2/c1-2-3-13-6-7-22-17(8-13)21(12-27,19(28)30-22)20(10-25,11-26)18(29-22)14-4-5-16(24)15(23)9-14/h4-5,9,13,17-18,28H,2-3,6-8H2,1H3. The van der Waals surface area contributed by atoms with E-state index in [-0.39, 0.29) is 10.4 Å². The van der Waals surface area contributed by atoms with E-state index in [1.165, 1.54) is 18.2 Å². The Hall–Kier alpha value is -2.47. The smallest absolute Gasteiger partial charge is 0.217 e. The zero-order valence-electron chi connectivity index (χ0n) is 16.4. The molecule has 1 saturated carbocycles. The molecule has 2 heterocycles. The van der Waals surface area contributed by atoms with Crippen molar-refractivity contribution >= 4 is 21.8 Å². The first-order valence-electron chi connectivity index (χ1n) is 9.98. The van der Waals surface area contributed by atoms with E-state index in [0.29, 0.717) is 24.3 Å². The van der Waals surface area contributed by atoms with Gasteiger partial charge >= 0.3 is 0 Å². The molecule has 2 bridgehead atoms. The highest BCUT2D eigenvalue weighted by Gasteiger charge is 2.80. The van der Waals surface area contributed by atoms with Crippen LogP contribution in [0.15, 0.2) is 22.7 Å². The van der Waals surface area contributed by atoms with Crippen molar-refractivity contribution in [1.82, 2.24) is 0 Å². The molecule has 6 nitrogen and oxygen atoms in total. The molecule has 0 aromatic heterocycles. The molecule has 0 radical (unpaired) electrons. The molecule has 2 saturated heterocycles. The van der Waals surface area contributed by atoms with E-state index in [2.05, 4.69) is 28.9 Å². The fourth-order valence-electron chi connectivity index (χ4n) is 5.56. The van der Waals surface area contributed by atoms with E-state index >= 15 is 0 Å². The Kier molecular flexibility index (Phi) is 4.88. The molecule has 1 aromatic rings. The van der Waals surface area contributed by atoms with E-state index in [1.807, 2.05) is 12.1 Å². The molecule has 30 heavy (non-hydrogen) atoms. The molecule has 0 amide bonds. The summed E-state index contributed by atoms with van der Waals surface area (Å²) in [6.07, 6.45) is 2.62. The highest BCUT2D eigenvalue weighted by molar-refractivity contribution is 9.10. The maximum Gasteiger partial charge on any atom is 0.217 e. The van der Waals surface area contributed by atoms with Gasteiger partial charge in [-0.2, -0.15) is 15.8 Å². The van der Waals surface area contributed by atoms with Crippen molar-refractivity contribution in [2.75, 3.05) is 0 Å². The average molecular weight is 471 g/mol.